The molecule has 2 aliphatic rings. The summed E-state index contributed by atoms with van der Waals surface area (Å²) in [5, 5.41) is 5.82. The first-order valence-corrected chi connectivity index (χ1v) is 11.3. The van der Waals surface area contributed by atoms with Crippen LogP contribution in [0.5, 0.6) is 0 Å². The zero-order valence-corrected chi connectivity index (χ0v) is 19.3. The van der Waals surface area contributed by atoms with Gasteiger partial charge in [-0.15, -0.1) is 12.4 Å². The molecule has 0 unspecified atom stereocenters. The molecule has 33 heavy (non-hydrogen) atoms. The Kier molecular flexibility index (Phi) is 7.11. The van der Waals surface area contributed by atoms with Gasteiger partial charge in [0.15, 0.2) is 0 Å². The van der Waals surface area contributed by atoms with Crippen LogP contribution in [0.1, 0.15) is 40.7 Å². The first-order chi connectivity index (χ1) is 15.7. The van der Waals surface area contributed by atoms with E-state index in [4.69, 9.17) is 0 Å². The van der Waals surface area contributed by atoms with Gasteiger partial charge in [-0.2, -0.15) is 0 Å². The normalized spacial score (nSPS) is 15.3. The highest BCUT2D eigenvalue weighted by Gasteiger charge is 2.19. The molecule has 6 heteroatoms. The zero-order valence-electron chi connectivity index (χ0n) is 18.5. The lowest BCUT2D eigenvalue weighted by molar-refractivity contribution is -0.115. The first-order valence-electron chi connectivity index (χ1n) is 11.3. The quantitative estimate of drug-likeness (QED) is 0.526. The number of nitrogens with zero attached hydrogens (tertiary/aromatic N) is 1. The van der Waals surface area contributed by atoms with Crippen LogP contribution >= 0.6 is 12.4 Å². The third-order valence-corrected chi connectivity index (χ3v) is 6.29. The Morgan fingerprint density at radius 2 is 1.73 bits per heavy atom. The highest BCUT2D eigenvalue weighted by molar-refractivity contribution is 6.06. The lowest BCUT2D eigenvalue weighted by Crippen LogP contribution is -2.29. The number of hydrogen-bond donors (Lipinski definition) is 2. The van der Waals surface area contributed by atoms with Gasteiger partial charge in [0.2, 0.25) is 5.91 Å². The van der Waals surface area contributed by atoms with E-state index in [-0.39, 0.29) is 24.2 Å². The van der Waals surface area contributed by atoms with Gasteiger partial charge in [0.05, 0.1) is 6.42 Å². The van der Waals surface area contributed by atoms with Gasteiger partial charge in [-0.1, -0.05) is 48.9 Å². The molecule has 0 aliphatic carbocycles. The molecule has 1 fully saturated rings. The summed E-state index contributed by atoms with van der Waals surface area (Å²) >= 11 is 0. The molecular formula is C27H28ClN3O2. The lowest BCUT2D eigenvalue weighted by atomic mass is 9.96. The molecule has 5 rings (SSSR count). The lowest BCUT2D eigenvalue weighted by Gasteiger charge is -2.27. The largest absolute Gasteiger partial charge is 0.325 e. The number of piperidine rings is 1. The van der Waals surface area contributed by atoms with Crippen LogP contribution in [0.3, 0.4) is 0 Å². The van der Waals surface area contributed by atoms with Crippen LogP contribution in [0, 0.1) is 0 Å². The Morgan fingerprint density at radius 3 is 2.52 bits per heavy atom. The summed E-state index contributed by atoms with van der Waals surface area (Å²) in [6.45, 7) is 3.05. The SMILES string of the molecule is Cl.O=C1Cc2ccc(NC(=O)c3ccc(-c4ccccc4)c(CN4CCCCC4)c3)cc2N1. The maximum Gasteiger partial charge on any atom is 0.255 e. The molecule has 0 radical (unpaired) electrons. The van der Waals surface area contributed by atoms with Crippen LogP contribution in [0.15, 0.2) is 66.7 Å². The number of hydrogen-bond acceptors (Lipinski definition) is 3. The van der Waals surface area contributed by atoms with Gasteiger partial charge in [-0.25, -0.2) is 0 Å². The molecule has 3 aromatic carbocycles. The maximum atomic E-state index is 13.1. The Labute approximate surface area is 200 Å². The van der Waals surface area contributed by atoms with E-state index in [1.54, 1.807) is 0 Å². The summed E-state index contributed by atoms with van der Waals surface area (Å²) < 4.78 is 0. The molecule has 5 nitrogen and oxygen atoms in total. The molecule has 2 amide bonds. The minimum atomic E-state index is -0.145. The fourth-order valence-corrected chi connectivity index (χ4v) is 4.62. The number of carbonyl (C=O) groups is 2. The number of rotatable bonds is 5. The van der Waals surface area contributed by atoms with Gasteiger partial charge in [0.25, 0.3) is 5.91 Å². The van der Waals surface area contributed by atoms with Gasteiger partial charge in [-0.05, 0) is 72.5 Å². The number of halogens is 1. The van der Waals surface area contributed by atoms with Crippen molar-refractivity contribution in [1.29, 1.82) is 0 Å². The number of nitrogens with one attached hydrogen (secondary N) is 2. The van der Waals surface area contributed by atoms with Gasteiger partial charge in [-0.3, -0.25) is 14.5 Å². The Bertz CT molecular complexity index is 1160. The van der Waals surface area contributed by atoms with E-state index in [1.165, 1.54) is 36.0 Å². The monoisotopic (exact) mass is 461 g/mol. The summed E-state index contributed by atoms with van der Waals surface area (Å²) in [6, 6.07) is 21.9. The first kappa shape index (κ1) is 23.0. The van der Waals surface area contributed by atoms with Crippen LogP contribution in [0.25, 0.3) is 11.1 Å². The van der Waals surface area contributed by atoms with Crippen molar-refractivity contribution in [2.75, 3.05) is 23.7 Å². The predicted molar refractivity (Wildman–Crippen MR) is 135 cm³/mol. The molecule has 0 atom stereocenters. The van der Waals surface area contributed by atoms with Gasteiger partial charge in [0, 0.05) is 23.5 Å². The number of carbonyl (C=O) groups excluding carboxylic acids is 2. The molecular weight excluding hydrogens is 434 g/mol. The van der Waals surface area contributed by atoms with Crippen molar-refractivity contribution in [3.05, 3.63) is 83.4 Å². The van der Waals surface area contributed by atoms with Gasteiger partial charge in [0.1, 0.15) is 0 Å². The average Bonchev–Trinajstić information content (AvgIpc) is 3.19. The summed E-state index contributed by atoms with van der Waals surface area (Å²) in [6.07, 6.45) is 4.15. The molecule has 2 heterocycles. The molecule has 170 valence electrons. The van der Waals surface area contributed by atoms with Crippen LogP contribution in [-0.2, 0) is 17.8 Å². The molecule has 3 aromatic rings. The van der Waals surface area contributed by atoms with Crippen LogP contribution < -0.4 is 10.6 Å². The van der Waals surface area contributed by atoms with Crippen LogP contribution in [-0.4, -0.2) is 29.8 Å². The molecule has 1 saturated heterocycles. The number of benzene rings is 3. The number of likely N-dealkylation sites (tertiary alicyclic amines) is 1. The van der Waals surface area contributed by atoms with Crippen molar-refractivity contribution in [2.24, 2.45) is 0 Å². The standard InChI is InChI=1S/C27H27N3O2.ClH/c31-26-16-20-9-11-23(17-25(20)29-26)28-27(32)21-10-12-24(19-7-3-1-4-8-19)22(15-21)18-30-13-5-2-6-14-30;/h1,3-4,7-12,15,17H,2,5-6,13-14,16,18H2,(H,28,32)(H,29,31);1H. The minimum absolute atomic E-state index is 0. The molecule has 0 bridgehead atoms. The maximum absolute atomic E-state index is 13.1. The van der Waals surface area contributed by atoms with Crippen molar-refractivity contribution in [3.63, 3.8) is 0 Å². The van der Waals surface area contributed by atoms with Crippen LogP contribution in [0.2, 0.25) is 0 Å². The smallest absolute Gasteiger partial charge is 0.255 e. The van der Waals surface area contributed by atoms with Crippen molar-refractivity contribution in [1.82, 2.24) is 4.90 Å². The zero-order chi connectivity index (χ0) is 21.9. The summed E-state index contributed by atoms with van der Waals surface area (Å²) in [7, 11) is 0. The predicted octanol–water partition coefficient (Wildman–Crippen LogP) is 5.51. The third-order valence-electron chi connectivity index (χ3n) is 6.29. The number of fused-ring (bicyclic) bond motifs is 1. The second-order valence-corrected chi connectivity index (χ2v) is 8.63. The summed E-state index contributed by atoms with van der Waals surface area (Å²) in [5.74, 6) is -0.156. The molecule has 2 aliphatic heterocycles. The Morgan fingerprint density at radius 1 is 0.939 bits per heavy atom. The minimum Gasteiger partial charge on any atom is -0.325 e. The second-order valence-electron chi connectivity index (χ2n) is 8.63. The Hall–Kier alpha value is -3.15. The second kappa shape index (κ2) is 10.2. The van der Waals surface area contributed by atoms with E-state index in [1.807, 2.05) is 48.5 Å². The molecule has 0 saturated carbocycles. The average molecular weight is 462 g/mol. The van der Waals surface area contributed by atoms with Crippen molar-refractivity contribution < 1.29 is 9.59 Å². The fourth-order valence-electron chi connectivity index (χ4n) is 4.62. The topological polar surface area (TPSA) is 61.4 Å². The fraction of sp³-hybridized carbons (Fsp3) is 0.259. The van der Waals surface area contributed by atoms with E-state index in [0.717, 1.165) is 30.9 Å². The third kappa shape index (κ3) is 5.27. The van der Waals surface area contributed by atoms with E-state index >= 15 is 0 Å². The van der Waals surface area contributed by atoms with Gasteiger partial charge < -0.3 is 10.6 Å². The van der Waals surface area contributed by atoms with Crippen molar-refractivity contribution >= 4 is 35.6 Å². The van der Waals surface area contributed by atoms with E-state index in [2.05, 4.69) is 33.7 Å². The molecule has 0 aromatic heterocycles. The number of anilines is 2. The summed E-state index contributed by atoms with van der Waals surface area (Å²) in [4.78, 5) is 27.1. The number of amides is 2. The summed E-state index contributed by atoms with van der Waals surface area (Å²) in [5.41, 5.74) is 6.57. The Balaban J connectivity index is 0.00000259. The van der Waals surface area contributed by atoms with E-state index in [0.29, 0.717) is 17.7 Å². The van der Waals surface area contributed by atoms with Gasteiger partial charge >= 0.3 is 0 Å². The molecule has 2 N–H and O–H groups in total. The highest BCUT2D eigenvalue weighted by atomic mass is 35.5. The van der Waals surface area contributed by atoms with Crippen LogP contribution in [0.4, 0.5) is 11.4 Å². The van der Waals surface area contributed by atoms with Crippen molar-refractivity contribution in [2.45, 2.75) is 32.2 Å². The molecule has 0 spiro atoms. The van der Waals surface area contributed by atoms with E-state index < -0.39 is 0 Å². The van der Waals surface area contributed by atoms with E-state index in [9.17, 15) is 9.59 Å². The van der Waals surface area contributed by atoms with Crippen molar-refractivity contribution in [3.8, 4) is 11.1 Å². The highest BCUT2D eigenvalue weighted by Crippen LogP contribution is 2.29.